The molecule has 0 N–H and O–H groups in total. The number of benzene rings is 2. The number of nitrogens with zero attached hydrogens (tertiary/aromatic N) is 3. The summed E-state index contributed by atoms with van der Waals surface area (Å²) in [5.74, 6) is -0.322. The van der Waals surface area contributed by atoms with Gasteiger partial charge in [0.2, 0.25) is 5.91 Å². The molecule has 0 unspecified atom stereocenters. The number of amides is 2. The van der Waals surface area contributed by atoms with E-state index < -0.39 is 5.82 Å². The average Bonchev–Trinajstić information content (AvgIpc) is 3.13. The van der Waals surface area contributed by atoms with E-state index in [1.807, 2.05) is 0 Å². The van der Waals surface area contributed by atoms with Crippen molar-refractivity contribution in [2.45, 2.75) is 19.3 Å². The van der Waals surface area contributed by atoms with Crippen molar-refractivity contribution in [2.24, 2.45) is 0 Å². The third-order valence-electron chi connectivity index (χ3n) is 5.48. The number of carbonyl (C=O) groups excluding carboxylic acids is 2. The fourth-order valence-corrected chi connectivity index (χ4v) is 3.72. The van der Waals surface area contributed by atoms with Crippen LogP contribution in [0.25, 0.3) is 11.3 Å². The molecule has 0 aliphatic carbocycles. The van der Waals surface area contributed by atoms with E-state index >= 15 is 0 Å². The number of halogens is 2. The van der Waals surface area contributed by atoms with E-state index in [0.29, 0.717) is 56.2 Å². The Morgan fingerprint density at radius 3 is 2.44 bits per heavy atom. The number of hydrogen-bond donors (Lipinski definition) is 0. The smallest absolute Gasteiger partial charge is 0.256 e. The Morgan fingerprint density at radius 2 is 1.66 bits per heavy atom. The van der Waals surface area contributed by atoms with Crippen LogP contribution in [-0.4, -0.2) is 52.8 Å². The molecular weight excluding hydrogens is 416 g/mol. The van der Waals surface area contributed by atoms with Crippen LogP contribution in [0.4, 0.5) is 8.78 Å². The molecule has 1 saturated heterocycles. The number of oxazole rings is 1. The van der Waals surface area contributed by atoms with Crippen LogP contribution in [0, 0.1) is 11.6 Å². The first-order chi connectivity index (χ1) is 15.5. The minimum Gasteiger partial charge on any atom is -0.441 e. The number of hydrogen-bond acceptors (Lipinski definition) is 4. The maximum Gasteiger partial charge on any atom is 0.256 e. The Morgan fingerprint density at radius 1 is 0.938 bits per heavy atom. The molecule has 0 bridgehead atoms. The maximum atomic E-state index is 13.9. The molecule has 1 fully saturated rings. The zero-order valence-electron chi connectivity index (χ0n) is 17.5. The summed E-state index contributed by atoms with van der Waals surface area (Å²) in [6.07, 6.45) is 2.75. The van der Waals surface area contributed by atoms with E-state index in [2.05, 4.69) is 4.98 Å². The second-order valence-corrected chi connectivity index (χ2v) is 7.63. The SMILES string of the molecule is O=C(CCc1ncc(-c2ccc(F)cc2)o1)N1CCCN(C(=O)c2ccccc2F)CC1. The fraction of sp³-hybridized carbons (Fsp3) is 0.292. The van der Waals surface area contributed by atoms with Crippen LogP contribution < -0.4 is 0 Å². The standard InChI is InChI=1S/C24H23F2N3O3/c25-18-8-6-17(7-9-18)21-16-27-22(32-21)10-11-23(30)28-12-3-13-29(15-14-28)24(31)19-4-1-2-5-20(19)26/h1-2,4-9,16H,3,10-15H2. The van der Waals surface area contributed by atoms with Gasteiger partial charge in [0.15, 0.2) is 11.7 Å². The van der Waals surface area contributed by atoms with Crippen molar-refractivity contribution in [1.82, 2.24) is 14.8 Å². The Labute approximate surface area is 184 Å². The first-order valence-electron chi connectivity index (χ1n) is 10.5. The summed E-state index contributed by atoms with van der Waals surface area (Å²) >= 11 is 0. The van der Waals surface area contributed by atoms with Crippen LogP contribution in [0.15, 0.2) is 59.1 Å². The third-order valence-corrected chi connectivity index (χ3v) is 5.48. The molecule has 4 rings (SSSR count). The van der Waals surface area contributed by atoms with E-state index in [9.17, 15) is 18.4 Å². The number of aryl methyl sites for hydroxylation is 1. The van der Waals surface area contributed by atoms with Gasteiger partial charge in [-0.15, -0.1) is 0 Å². The Kier molecular flexibility index (Phi) is 6.58. The molecule has 2 aromatic carbocycles. The highest BCUT2D eigenvalue weighted by molar-refractivity contribution is 5.94. The predicted molar refractivity (Wildman–Crippen MR) is 114 cm³/mol. The van der Waals surface area contributed by atoms with Gasteiger partial charge in [-0.25, -0.2) is 13.8 Å². The lowest BCUT2D eigenvalue weighted by atomic mass is 10.2. The first kappa shape index (κ1) is 21.7. The summed E-state index contributed by atoms with van der Waals surface area (Å²) < 4.78 is 32.7. The van der Waals surface area contributed by atoms with Crippen LogP contribution in [0.2, 0.25) is 0 Å². The molecule has 1 aliphatic heterocycles. The molecule has 0 saturated carbocycles. The second kappa shape index (κ2) is 9.72. The van der Waals surface area contributed by atoms with Gasteiger partial charge < -0.3 is 14.2 Å². The fourth-order valence-electron chi connectivity index (χ4n) is 3.72. The van der Waals surface area contributed by atoms with E-state index in [-0.39, 0.29) is 29.6 Å². The van der Waals surface area contributed by atoms with Crippen molar-refractivity contribution in [3.63, 3.8) is 0 Å². The molecule has 2 heterocycles. The predicted octanol–water partition coefficient (Wildman–Crippen LogP) is 3.93. The van der Waals surface area contributed by atoms with Gasteiger partial charge in [0, 0.05) is 44.6 Å². The summed E-state index contributed by atoms with van der Waals surface area (Å²) in [7, 11) is 0. The van der Waals surface area contributed by atoms with E-state index in [4.69, 9.17) is 4.42 Å². The van der Waals surface area contributed by atoms with Gasteiger partial charge in [0.05, 0.1) is 11.8 Å². The maximum absolute atomic E-state index is 13.9. The van der Waals surface area contributed by atoms with Gasteiger partial charge in [-0.1, -0.05) is 12.1 Å². The van der Waals surface area contributed by atoms with Crippen molar-refractivity contribution in [1.29, 1.82) is 0 Å². The average molecular weight is 439 g/mol. The van der Waals surface area contributed by atoms with Crippen LogP contribution >= 0.6 is 0 Å². The Hall–Kier alpha value is -3.55. The van der Waals surface area contributed by atoms with Crippen molar-refractivity contribution in [3.8, 4) is 11.3 Å². The second-order valence-electron chi connectivity index (χ2n) is 7.63. The molecule has 0 atom stereocenters. The quantitative estimate of drug-likeness (QED) is 0.604. The number of rotatable bonds is 5. The van der Waals surface area contributed by atoms with Crippen LogP contribution in [0.1, 0.15) is 29.1 Å². The highest BCUT2D eigenvalue weighted by Crippen LogP contribution is 2.21. The molecular formula is C24H23F2N3O3. The molecule has 3 aromatic rings. The minimum absolute atomic E-state index is 0.0492. The van der Waals surface area contributed by atoms with Gasteiger partial charge in [-0.05, 0) is 42.8 Å². The summed E-state index contributed by atoms with van der Waals surface area (Å²) in [6, 6.07) is 11.8. The van der Waals surface area contributed by atoms with Crippen LogP contribution in [0.3, 0.4) is 0 Å². The van der Waals surface area contributed by atoms with Crippen molar-refractivity contribution >= 4 is 11.8 Å². The van der Waals surface area contributed by atoms with Gasteiger partial charge in [0.25, 0.3) is 5.91 Å². The van der Waals surface area contributed by atoms with Crippen molar-refractivity contribution in [3.05, 3.63) is 77.8 Å². The Balaban J connectivity index is 1.30. The van der Waals surface area contributed by atoms with E-state index in [1.54, 1.807) is 40.3 Å². The lowest BCUT2D eigenvalue weighted by Crippen LogP contribution is -2.37. The molecule has 1 aromatic heterocycles. The molecule has 0 radical (unpaired) electrons. The van der Waals surface area contributed by atoms with Gasteiger partial charge in [-0.3, -0.25) is 9.59 Å². The molecule has 32 heavy (non-hydrogen) atoms. The molecule has 2 amide bonds. The number of carbonyl (C=O) groups is 2. The molecule has 0 spiro atoms. The summed E-state index contributed by atoms with van der Waals surface area (Å²) in [5, 5.41) is 0. The molecule has 8 heteroatoms. The highest BCUT2D eigenvalue weighted by Gasteiger charge is 2.24. The first-order valence-corrected chi connectivity index (χ1v) is 10.5. The van der Waals surface area contributed by atoms with Gasteiger partial charge >= 0.3 is 0 Å². The summed E-state index contributed by atoms with van der Waals surface area (Å²) in [5.41, 5.74) is 0.761. The normalized spacial score (nSPS) is 14.3. The van der Waals surface area contributed by atoms with Crippen molar-refractivity contribution < 1.29 is 22.8 Å². The minimum atomic E-state index is -0.541. The highest BCUT2D eigenvalue weighted by atomic mass is 19.1. The molecule has 166 valence electrons. The zero-order chi connectivity index (χ0) is 22.5. The largest absolute Gasteiger partial charge is 0.441 e. The lowest BCUT2D eigenvalue weighted by molar-refractivity contribution is -0.131. The van der Waals surface area contributed by atoms with Crippen LogP contribution in [0.5, 0.6) is 0 Å². The van der Waals surface area contributed by atoms with Gasteiger partial charge in [0.1, 0.15) is 11.6 Å². The zero-order valence-corrected chi connectivity index (χ0v) is 17.5. The van der Waals surface area contributed by atoms with Crippen molar-refractivity contribution in [2.75, 3.05) is 26.2 Å². The van der Waals surface area contributed by atoms with E-state index in [1.165, 1.54) is 24.3 Å². The Bertz CT molecular complexity index is 1100. The molecule has 6 nitrogen and oxygen atoms in total. The summed E-state index contributed by atoms with van der Waals surface area (Å²) in [4.78, 5) is 32.9. The van der Waals surface area contributed by atoms with Crippen LogP contribution in [-0.2, 0) is 11.2 Å². The molecule has 1 aliphatic rings. The number of aromatic nitrogens is 1. The lowest BCUT2D eigenvalue weighted by Gasteiger charge is -2.22. The van der Waals surface area contributed by atoms with E-state index in [0.717, 1.165) is 0 Å². The monoisotopic (exact) mass is 439 g/mol. The van der Waals surface area contributed by atoms with Gasteiger partial charge in [-0.2, -0.15) is 0 Å². The topological polar surface area (TPSA) is 66.7 Å². The summed E-state index contributed by atoms with van der Waals surface area (Å²) in [6.45, 7) is 1.75. The third kappa shape index (κ3) is 5.01.